The number of likely N-dealkylation sites (tertiary alicyclic amines) is 1. The second-order valence-corrected chi connectivity index (χ2v) is 5.68. The quantitative estimate of drug-likeness (QED) is 0.860. The number of amides is 4. The minimum absolute atomic E-state index is 0.0936. The Balaban J connectivity index is 1.90. The summed E-state index contributed by atoms with van der Waals surface area (Å²) in [5.74, 6) is -0.145. The number of benzene rings is 1. The Kier molecular flexibility index (Phi) is 4.39. The molecule has 2 heterocycles. The first-order valence-corrected chi connectivity index (χ1v) is 7.63. The van der Waals surface area contributed by atoms with E-state index < -0.39 is 18.0 Å². The van der Waals surface area contributed by atoms with Gasteiger partial charge in [-0.05, 0) is 18.6 Å². The lowest BCUT2D eigenvalue weighted by atomic mass is 10.0. The molecule has 4 amide bonds. The van der Waals surface area contributed by atoms with Crippen molar-refractivity contribution in [3.63, 3.8) is 0 Å². The first kappa shape index (κ1) is 16.3. The van der Waals surface area contributed by atoms with Gasteiger partial charge in [0.15, 0.2) is 0 Å². The first-order valence-electron chi connectivity index (χ1n) is 7.63. The molecule has 8 nitrogen and oxygen atoms in total. The van der Waals surface area contributed by atoms with Gasteiger partial charge in [0.2, 0.25) is 5.91 Å². The molecule has 128 valence electrons. The van der Waals surface area contributed by atoms with Gasteiger partial charge in [0.1, 0.15) is 18.4 Å². The minimum atomic E-state index is -0.712. The molecular formula is C16H19N3O5. The lowest BCUT2D eigenvalue weighted by Gasteiger charge is -2.36. The van der Waals surface area contributed by atoms with Crippen molar-refractivity contribution in [3.05, 3.63) is 24.3 Å². The van der Waals surface area contributed by atoms with Gasteiger partial charge in [-0.3, -0.25) is 9.59 Å². The molecule has 0 bridgehead atoms. The summed E-state index contributed by atoms with van der Waals surface area (Å²) >= 11 is 0. The fourth-order valence-electron chi connectivity index (χ4n) is 3.18. The highest BCUT2D eigenvalue weighted by Crippen LogP contribution is 2.29. The zero-order valence-corrected chi connectivity index (χ0v) is 13.5. The lowest BCUT2D eigenvalue weighted by Crippen LogP contribution is -2.65. The molecule has 8 heteroatoms. The summed E-state index contributed by atoms with van der Waals surface area (Å²) in [4.78, 5) is 40.0. The van der Waals surface area contributed by atoms with Crippen molar-refractivity contribution < 1.29 is 23.9 Å². The Morgan fingerprint density at radius 2 is 2.12 bits per heavy atom. The Bertz CT molecular complexity index is 677. The third kappa shape index (κ3) is 2.69. The smallest absolute Gasteiger partial charge is 0.329 e. The van der Waals surface area contributed by atoms with E-state index in [0.29, 0.717) is 24.4 Å². The average Bonchev–Trinajstić information content (AvgIpc) is 2.99. The highest BCUT2D eigenvalue weighted by atomic mass is 16.5. The number of nitrogens with one attached hydrogen (secondary N) is 1. The predicted molar refractivity (Wildman–Crippen MR) is 84.8 cm³/mol. The molecule has 0 radical (unpaired) electrons. The van der Waals surface area contributed by atoms with Crippen LogP contribution in [0.25, 0.3) is 0 Å². The highest BCUT2D eigenvalue weighted by Gasteiger charge is 2.49. The van der Waals surface area contributed by atoms with Crippen LogP contribution in [-0.4, -0.2) is 62.2 Å². The molecule has 0 spiro atoms. The number of rotatable bonds is 4. The van der Waals surface area contributed by atoms with Gasteiger partial charge in [0.25, 0.3) is 5.91 Å². The maximum absolute atomic E-state index is 12.9. The maximum Gasteiger partial charge on any atom is 0.329 e. The van der Waals surface area contributed by atoms with Gasteiger partial charge in [-0.15, -0.1) is 0 Å². The monoisotopic (exact) mass is 333 g/mol. The zero-order chi connectivity index (χ0) is 17.3. The molecule has 1 N–H and O–H groups in total. The van der Waals surface area contributed by atoms with Crippen molar-refractivity contribution >= 4 is 23.5 Å². The van der Waals surface area contributed by atoms with E-state index in [1.165, 1.54) is 19.1 Å². The molecule has 1 aromatic carbocycles. The van der Waals surface area contributed by atoms with Crippen molar-refractivity contribution in [1.29, 1.82) is 0 Å². The summed E-state index contributed by atoms with van der Waals surface area (Å²) < 4.78 is 10.0. The number of ether oxygens (including phenoxy) is 2. The molecule has 0 unspecified atom stereocenters. The molecular weight excluding hydrogens is 314 g/mol. The van der Waals surface area contributed by atoms with Gasteiger partial charge in [0, 0.05) is 19.7 Å². The number of methoxy groups -OCH3 is 2. The first-order chi connectivity index (χ1) is 11.6. The van der Waals surface area contributed by atoms with Crippen molar-refractivity contribution in [3.8, 4) is 5.75 Å². The molecule has 3 rings (SSSR count). The van der Waals surface area contributed by atoms with E-state index in [-0.39, 0.29) is 18.6 Å². The van der Waals surface area contributed by atoms with Crippen LogP contribution in [0, 0.1) is 0 Å². The van der Waals surface area contributed by atoms with Gasteiger partial charge in [-0.2, -0.15) is 0 Å². The summed E-state index contributed by atoms with van der Waals surface area (Å²) in [5, 5.41) is 2.81. The van der Waals surface area contributed by atoms with Crippen LogP contribution in [0.5, 0.6) is 5.75 Å². The third-order valence-electron chi connectivity index (χ3n) is 4.28. The number of anilines is 1. The van der Waals surface area contributed by atoms with E-state index in [1.807, 2.05) is 0 Å². The van der Waals surface area contributed by atoms with Gasteiger partial charge in [-0.1, -0.05) is 6.07 Å². The SMILES string of the molecule is COCC(=O)N1CC[C@H]2NC(=O)N(c3cccc(OC)c3)C(=O)[C@H]21. The van der Waals surface area contributed by atoms with Crippen molar-refractivity contribution in [1.82, 2.24) is 10.2 Å². The zero-order valence-electron chi connectivity index (χ0n) is 13.5. The Morgan fingerprint density at radius 3 is 2.83 bits per heavy atom. The highest BCUT2D eigenvalue weighted by molar-refractivity contribution is 6.19. The molecule has 2 fully saturated rings. The van der Waals surface area contributed by atoms with Gasteiger partial charge < -0.3 is 19.7 Å². The number of fused-ring (bicyclic) bond motifs is 1. The van der Waals surface area contributed by atoms with Crippen LogP contribution in [0.15, 0.2) is 24.3 Å². The van der Waals surface area contributed by atoms with Crippen LogP contribution in [0.2, 0.25) is 0 Å². The number of hydrogen-bond acceptors (Lipinski definition) is 5. The third-order valence-corrected chi connectivity index (χ3v) is 4.28. The van der Waals surface area contributed by atoms with Crippen LogP contribution >= 0.6 is 0 Å². The maximum atomic E-state index is 12.9. The summed E-state index contributed by atoms with van der Waals surface area (Å²) in [6.45, 7) is 0.319. The second kappa shape index (κ2) is 6.48. The number of carbonyl (C=O) groups excluding carboxylic acids is 3. The Morgan fingerprint density at radius 1 is 1.33 bits per heavy atom. The Labute approximate surface area is 139 Å². The Hall–Kier alpha value is -2.61. The number of imide groups is 1. The van der Waals surface area contributed by atoms with Gasteiger partial charge in [0.05, 0.1) is 18.8 Å². The number of hydrogen-bond donors (Lipinski definition) is 1. The number of carbonyl (C=O) groups is 3. The molecule has 2 aliphatic rings. The molecule has 24 heavy (non-hydrogen) atoms. The molecule has 1 aromatic rings. The summed E-state index contributed by atoms with van der Waals surface area (Å²) in [6, 6.07) is 5.11. The molecule has 0 saturated carbocycles. The normalized spacial score (nSPS) is 23.1. The molecule has 0 aliphatic carbocycles. The molecule has 0 aromatic heterocycles. The van der Waals surface area contributed by atoms with Crippen LogP contribution in [0.4, 0.5) is 10.5 Å². The molecule has 2 atom stereocenters. The largest absolute Gasteiger partial charge is 0.497 e. The van der Waals surface area contributed by atoms with E-state index in [1.54, 1.807) is 24.3 Å². The lowest BCUT2D eigenvalue weighted by molar-refractivity contribution is -0.140. The van der Waals surface area contributed by atoms with Crippen molar-refractivity contribution in [2.24, 2.45) is 0 Å². The van der Waals surface area contributed by atoms with E-state index in [9.17, 15) is 14.4 Å². The van der Waals surface area contributed by atoms with E-state index >= 15 is 0 Å². The van der Waals surface area contributed by atoms with Crippen LogP contribution in [-0.2, 0) is 14.3 Å². The standard InChI is InChI=1S/C16H19N3O5/c1-23-9-13(20)18-7-6-12-14(18)15(21)19(16(22)17-12)10-4-3-5-11(8-10)24-2/h3-5,8,12,14H,6-7,9H2,1-2H3,(H,17,22)/t12-,14+/m1/s1. The van der Waals surface area contributed by atoms with Crippen LogP contribution < -0.4 is 15.0 Å². The predicted octanol–water partition coefficient (Wildman–Crippen LogP) is 0.367. The van der Waals surface area contributed by atoms with Crippen LogP contribution in [0.3, 0.4) is 0 Å². The van der Waals surface area contributed by atoms with E-state index in [0.717, 1.165) is 4.90 Å². The molecule has 2 aliphatic heterocycles. The van der Waals surface area contributed by atoms with Gasteiger partial charge in [-0.25, -0.2) is 9.69 Å². The van der Waals surface area contributed by atoms with E-state index in [4.69, 9.17) is 9.47 Å². The molecule has 2 saturated heterocycles. The minimum Gasteiger partial charge on any atom is -0.497 e. The van der Waals surface area contributed by atoms with Crippen LogP contribution in [0.1, 0.15) is 6.42 Å². The summed E-state index contributed by atoms with van der Waals surface area (Å²) in [6.07, 6.45) is 0.545. The number of urea groups is 1. The topological polar surface area (TPSA) is 88.2 Å². The fourth-order valence-corrected chi connectivity index (χ4v) is 3.18. The van der Waals surface area contributed by atoms with Crippen molar-refractivity contribution in [2.75, 3.05) is 32.3 Å². The number of nitrogens with zero attached hydrogens (tertiary/aromatic N) is 2. The van der Waals surface area contributed by atoms with E-state index in [2.05, 4.69) is 5.32 Å². The summed E-state index contributed by atoms with van der Waals surface area (Å²) in [7, 11) is 2.94. The fraction of sp³-hybridized carbons (Fsp3) is 0.438. The second-order valence-electron chi connectivity index (χ2n) is 5.68. The summed E-state index contributed by atoms with van der Waals surface area (Å²) in [5.41, 5.74) is 0.404. The van der Waals surface area contributed by atoms with Gasteiger partial charge >= 0.3 is 6.03 Å². The van der Waals surface area contributed by atoms with Crippen molar-refractivity contribution in [2.45, 2.75) is 18.5 Å². The average molecular weight is 333 g/mol.